The average molecular weight is 250 g/mol. The number of hydrogen-bond donors (Lipinski definition) is 3. The molecule has 1 aromatic rings. The second-order valence-corrected chi connectivity index (χ2v) is 4.85. The maximum Gasteiger partial charge on any atom is 0.354 e. The Balaban J connectivity index is 1.97. The molecular weight excluding hydrogens is 232 g/mol. The van der Waals surface area contributed by atoms with Gasteiger partial charge < -0.3 is 15.5 Å². The van der Waals surface area contributed by atoms with Crippen LogP contribution >= 0.6 is 0 Å². The smallest absolute Gasteiger partial charge is 0.354 e. The number of nitrogens with one attached hydrogen (secondary N) is 1. The second kappa shape index (κ2) is 5.35. The fourth-order valence-corrected chi connectivity index (χ4v) is 2.29. The summed E-state index contributed by atoms with van der Waals surface area (Å²) in [5, 5.41) is 22.2. The molecule has 1 aliphatic carbocycles. The first-order valence-electron chi connectivity index (χ1n) is 6.26. The average Bonchev–Trinajstić information content (AvgIpc) is 2.38. The van der Waals surface area contributed by atoms with Crippen molar-refractivity contribution in [2.24, 2.45) is 0 Å². The van der Waals surface area contributed by atoms with E-state index in [1.165, 1.54) is 12.5 Å². The van der Waals surface area contributed by atoms with Gasteiger partial charge in [-0.1, -0.05) is 25.3 Å². The number of carboxylic acids is 1. The van der Waals surface area contributed by atoms with Gasteiger partial charge in [0, 0.05) is 6.54 Å². The summed E-state index contributed by atoms with van der Waals surface area (Å²) in [5.74, 6) is -0.552. The van der Waals surface area contributed by atoms with Crippen LogP contribution in [0.15, 0.2) is 18.2 Å². The van der Waals surface area contributed by atoms with Gasteiger partial charge in [0.2, 0.25) is 0 Å². The number of pyridine rings is 1. The molecule has 0 unspecified atom stereocenters. The zero-order valence-corrected chi connectivity index (χ0v) is 10.2. The van der Waals surface area contributed by atoms with Crippen molar-refractivity contribution < 1.29 is 15.0 Å². The molecule has 98 valence electrons. The van der Waals surface area contributed by atoms with Gasteiger partial charge in [-0.05, 0) is 25.0 Å². The van der Waals surface area contributed by atoms with Gasteiger partial charge >= 0.3 is 5.97 Å². The first kappa shape index (κ1) is 12.8. The van der Waals surface area contributed by atoms with Crippen LogP contribution in [-0.2, 0) is 0 Å². The highest BCUT2D eigenvalue weighted by molar-refractivity contribution is 5.85. The van der Waals surface area contributed by atoms with Gasteiger partial charge in [0.05, 0.1) is 5.60 Å². The normalized spacial score (nSPS) is 18.3. The van der Waals surface area contributed by atoms with E-state index in [1.807, 2.05) is 0 Å². The molecule has 0 bridgehead atoms. The molecule has 0 aliphatic heterocycles. The van der Waals surface area contributed by atoms with Crippen molar-refractivity contribution in [3.63, 3.8) is 0 Å². The topological polar surface area (TPSA) is 82.5 Å². The Morgan fingerprint density at radius 3 is 2.72 bits per heavy atom. The molecule has 18 heavy (non-hydrogen) atoms. The lowest BCUT2D eigenvalue weighted by molar-refractivity contribution is 0.0166. The summed E-state index contributed by atoms with van der Waals surface area (Å²) in [6, 6.07) is 4.80. The number of nitrogens with zero attached hydrogens (tertiary/aromatic N) is 1. The van der Waals surface area contributed by atoms with Crippen LogP contribution in [0.3, 0.4) is 0 Å². The summed E-state index contributed by atoms with van der Waals surface area (Å²) in [6.07, 6.45) is 4.84. The Morgan fingerprint density at radius 1 is 1.33 bits per heavy atom. The van der Waals surface area contributed by atoms with Crippen LogP contribution in [-0.4, -0.2) is 33.3 Å². The van der Waals surface area contributed by atoms with E-state index >= 15 is 0 Å². The van der Waals surface area contributed by atoms with Crippen LogP contribution in [0.4, 0.5) is 5.82 Å². The Morgan fingerprint density at radius 2 is 2.06 bits per heavy atom. The highest BCUT2D eigenvalue weighted by Gasteiger charge is 2.28. The quantitative estimate of drug-likeness (QED) is 0.760. The van der Waals surface area contributed by atoms with Crippen molar-refractivity contribution in [2.75, 3.05) is 11.9 Å². The maximum atomic E-state index is 10.8. The van der Waals surface area contributed by atoms with E-state index in [0.717, 1.165) is 25.7 Å². The molecule has 1 heterocycles. The second-order valence-electron chi connectivity index (χ2n) is 4.85. The number of carbonyl (C=O) groups is 1. The number of aliphatic hydroxyl groups is 1. The Hall–Kier alpha value is -1.62. The van der Waals surface area contributed by atoms with Gasteiger partial charge in [-0.2, -0.15) is 0 Å². The van der Waals surface area contributed by atoms with Crippen LogP contribution in [0.2, 0.25) is 0 Å². The van der Waals surface area contributed by atoms with Crippen molar-refractivity contribution >= 4 is 11.8 Å². The van der Waals surface area contributed by atoms with E-state index < -0.39 is 11.6 Å². The maximum absolute atomic E-state index is 10.8. The van der Waals surface area contributed by atoms with Crippen molar-refractivity contribution in [3.8, 4) is 0 Å². The zero-order valence-electron chi connectivity index (χ0n) is 10.2. The van der Waals surface area contributed by atoms with Gasteiger partial charge in [0.25, 0.3) is 0 Å². The van der Waals surface area contributed by atoms with Crippen molar-refractivity contribution in [2.45, 2.75) is 37.7 Å². The minimum atomic E-state index is -1.05. The number of aromatic carboxylic acids is 1. The molecule has 0 atom stereocenters. The van der Waals surface area contributed by atoms with E-state index in [4.69, 9.17) is 5.11 Å². The first-order valence-corrected chi connectivity index (χ1v) is 6.26. The molecule has 1 saturated carbocycles. The van der Waals surface area contributed by atoms with Crippen LogP contribution in [0.1, 0.15) is 42.6 Å². The molecule has 0 spiro atoms. The third-order valence-corrected chi connectivity index (χ3v) is 3.35. The minimum absolute atomic E-state index is 0.00985. The summed E-state index contributed by atoms with van der Waals surface area (Å²) >= 11 is 0. The number of aromatic nitrogens is 1. The molecule has 0 aromatic carbocycles. The summed E-state index contributed by atoms with van der Waals surface area (Å²) in [7, 11) is 0. The molecule has 0 saturated heterocycles. The Bertz CT molecular complexity index is 428. The van der Waals surface area contributed by atoms with Gasteiger partial charge in [0.1, 0.15) is 5.82 Å². The molecule has 1 fully saturated rings. The highest BCUT2D eigenvalue weighted by Crippen LogP contribution is 2.28. The first-order chi connectivity index (χ1) is 8.59. The van der Waals surface area contributed by atoms with Crippen LogP contribution < -0.4 is 5.32 Å². The number of anilines is 1. The third kappa shape index (κ3) is 3.20. The van der Waals surface area contributed by atoms with Crippen LogP contribution in [0.5, 0.6) is 0 Å². The summed E-state index contributed by atoms with van der Waals surface area (Å²) in [6.45, 7) is 0.420. The van der Waals surface area contributed by atoms with E-state index in [2.05, 4.69) is 10.3 Å². The van der Waals surface area contributed by atoms with E-state index in [9.17, 15) is 9.90 Å². The minimum Gasteiger partial charge on any atom is -0.477 e. The number of rotatable bonds is 4. The lowest BCUT2D eigenvalue weighted by Gasteiger charge is -2.32. The molecular formula is C13H18N2O3. The lowest BCUT2D eigenvalue weighted by Crippen LogP contribution is -2.39. The Labute approximate surface area is 106 Å². The molecule has 0 radical (unpaired) electrons. The monoisotopic (exact) mass is 250 g/mol. The highest BCUT2D eigenvalue weighted by atomic mass is 16.4. The summed E-state index contributed by atoms with van der Waals surface area (Å²) in [5.41, 5.74) is -0.672. The molecule has 5 heteroatoms. The predicted octanol–water partition coefficient (Wildman–Crippen LogP) is 1.89. The lowest BCUT2D eigenvalue weighted by atomic mass is 9.85. The fraction of sp³-hybridized carbons (Fsp3) is 0.538. The van der Waals surface area contributed by atoms with Crippen molar-refractivity contribution in [1.29, 1.82) is 0 Å². The molecule has 3 N–H and O–H groups in total. The zero-order chi connectivity index (χ0) is 13.0. The van der Waals surface area contributed by atoms with E-state index in [1.54, 1.807) is 12.1 Å². The van der Waals surface area contributed by atoms with Crippen molar-refractivity contribution in [1.82, 2.24) is 4.98 Å². The summed E-state index contributed by atoms with van der Waals surface area (Å²) < 4.78 is 0. The molecule has 5 nitrogen and oxygen atoms in total. The van der Waals surface area contributed by atoms with E-state index in [0.29, 0.717) is 12.4 Å². The predicted molar refractivity (Wildman–Crippen MR) is 67.7 cm³/mol. The molecule has 0 amide bonds. The van der Waals surface area contributed by atoms with Crippen LogP contribution in [0, 0.1) is 0 Å². The Kier molecular flexibility index (Phi) is 3.81. The van der Waals surface area contributed by atoms with Gasteiger partial charge in [-0.3, -0.25) is 0 Å². The van der Waals surface area contributed by atoms with Gasteiger partial charge in [-0.15, -0.1) is 0 Å². The van der Waals surface area contributed by atoms with Gasteiger partial charge in [0.15, 0.2) is 5.69 Å². The fourth-order valence-electron chi connectivity index (χ4n) is 2.29. The molecule has 1 aromatic heterocycles. The summed E-state index contributed by atoms with van der Waals surface area (Å²) in [4.78, 5) is 14.7. The SMILES string of the molecule is O=C(O)c1cccc(NCC2(O)CCCCC2)n1. The van der Waals surface area contributed by atoms with Crippen LogP contribution in [0.25, 0.3) is 0 Å². The largest absolute Gasteiger partial charge is 0.477 e. The number of hydrogen-bond acceptors (Lipinski definition) is 4. The molecule has 1 aliphatic rings. The van der Waals surface area contributed by atoms with Gasteiger partial charge in [-0.25, -0.2) is 9.78 Å². The number of carboxylic acid groups (broad SMARTS) is 1. The van der Waals surface area contributed by atoms with E-state index in [-0.39, 0.29) is 5.69 Å². The van der Waals surface area contributed by atoms with Crippen molar-refractivity contribution in [3.05, 3.63) is 23.9 Å². The standard InChI is InChI=1S/C13H18N2O3/c16-12(17)10-5-4-6-11(15-10)14-9-13(18)7-2-1-3-8-13/h4-6,18H,1-3,7-9H2,(H,14,15)(H,16,17). The molecule has 2 rings (SSSR count). The third-order valence-electron chi connectivity index (χ3n) is 3.35.